The van der Waals surface area contributed by atoms with Gasteiger partial charge in [0.1, 0.15) is 5.69 Å². The lowest BCUT2D eigenvalue weighted by atomic mass is 9.48. The van der Waals surface area contributed by atoms with Crippen molar-refractivity contribution in [3.63, 3.8) is 0 Å². The average Bonchev–Trinajstić information content (AvgIpc) is 3.22. The van der Waals surface area contributed by atoms with E-state index < -0.39 is 0 Å². The Bertz CT molecular complexity index is 1000. The summed E-state index contributed by atoms with van der Waals surface area (Å²) in [6.07, 6.45) is 1.20. The Morgan fingerprint density at radius 2 is 1.87 bits per heavy atom. The third-order valence-corrected chi connectivity index (χ3v) is 8.16. The van der Waals surface area contributed by atoms with Crippen molar-refractivity contribution in [2.45, 2.75) is 41.0 Å². The minimum absolute atomic E-state index is 0.175. The Balaban J connectivity index is 1.43. The van der Waals surface area contributed by atoms with E-state index in [1.807, 2.05) is 0 Å². The van der Waals surface area contributed by atoms with Gasteiger partial charge in [-0.15, -0.1) is 0 Å². The number of carbonyl (C=O) groups is 1. The highest BCUT2D eigenvalue weighted by Gasteiger charge is 2.63. The summed E-state index contributed by atoms with van der Waals surface area (Å²) in [5.41, 5.74) is 5.96. The molecule has 3 fully saturated rings. The van der Waals surface area contributed by atoms with Gasteiger partial charge in [0.05, 0.1) is 13.2 Å². The highest BCUT2D eigenvalue weighted by atomic mass is 16.5. The van der Waals surface area contributed by atoms with Crippen LogP contribution in [0.5, 0.6) is 0 Å². The van der Waals surface area contributed by atoms with Crippen molar-refractivity contribution in [1.29, 1.82) is 0 Å². The number of benzene rings is 1. The number of carbonyl (C=O) groups excluding carboxylic acids is 1. The number of H-pyrrole nitrogens is 1. The van der Waals surface area contributed by atoms with Crippen LogP contribution in [0.4, 0.5) is 0 Å². The number of likely N-dealkylation sites (tertiary alicyclic amines) is 1. The van der Waals surface area contributed by atoms with Gasteiger partial charge in [0, 0.05) is 49.0 Å². The van der Waals surface area contributed by atoms with Gasteiger partial charge in [0.2, 0.25) is 0 Å². The van der Waals surface area contributed by atoms with Crippen molar-refractivity contribution in [3.8, 4) is 0 Å². The van der Waals surface area contributed by atoms with Crippen LogP contribution in [0.2, 0.25) is 0 Å². The van der Waals surface area contributed by atoms with Crippen LogP contribution >= 0.6 is 0 Å². The van der Waals surface area contributed by atoms with E-state index in [1.54, 1.807) is 0 Å². The number of ether oxygens (including phenoxy) is 1. The Hall–Kier alpha value is -1.85. The SMILES string of the molecule is Cc1ccc(C)c2c(C)c(C(=O)N3C[C@@H]4C(C)(C)C[C@]4(CN4CCOCC4)C3)[nH]c12. The number of aryl methyl sites for hydroxylation is 3. The summed E-state index contributed by atoms with van der Waals surface area (Å²) in [6, 6.07) is 4.29. The number of morpholine rings is 1. The van der Waals surface area contributed by atoms with Gasteiger partial charge < -0.3 is 14.6 Å². The monoisotopic (exact) mass is 409 g/mol. The lowest BCUT2D eigenvalue weighted by Gasteiger charge is -2.58. The Labute approximate surface area is 179 Å². The topological polar surface area (TPSA) is 48.6 Å². The van der Waals surface area contributed by atoms with Crippen molar-refractivity contribution in [1.82, 2.24) is 14.8 Å². The molecule has 2 saturated heterocycles. The maximum atomic E-state index is 13.7. The molecule has 2 aromatic rings. The second-order valence-electron chi connectivity index (χ2n) is 10.7. The minimum Gasteiger partial charge on any atom is -0.379 e. The van der Waals surface area contributed by atoms with Crippen molar-refractivity contribution in [3.05, 3.63) is 34.5 Å². The molecule has 2 atom stereocenters. The Morgan fingerprint density at radius 1 is 1.17 bits per heavy atom. The minimum atomic E-state index is 0.175. The van der Waals surface area contributed by atoms with Crippen LogP contribution in [0.15, 0.2) is 12.1 Å². The molecule has 3 heterocycles. The molecule has 1 saturated carbocycles. The van der Waals surface area contributed by atoms with Gasteiger partial charge in [-0.3, -0.25) is 9.69 Å². The standard InChI is InChI=1S/C25H35N3O2/c1-16-6-7-17(2)21-20(16)18(3)22(26-21)23(29)28-12-19-24(4,5)13-25(19,15-28)14-27-8-10-30-11-9-27/h6-7,19,26H,8-15H2,1-5H3/t19-,25+/m1/s1. The number of nitrogens with one attached hydrogen (secondary N) is 1. The van der Waals surface area contributed by atoms with Crippen molar-refractivity contribution < 1.29 is 9.53 Å². The van der Waals surface area contributed by atoms with Crippen LogP contribution < -0.4 is 0 Å². The van der Waals surface area contributed by atoms with Crippen LogP contribution in [0.25, 0.3) is 10.9 Å². The van der Waals surface area contributed by atoms with Gasteiger partial charge in [-0.05, 0) is 55.2 Å². The largest absolute Gasteiger partial charge is 0.379 e. The summed E-state index contributed by atoms with van der Waals surface area (Å²) >= 11 is 0. The molecule has 162 valence electrons. The molecule has 0 radical (unpaired) electrons. The maximum absolute atomic E-state index is 13.7. The highest BCUT2D eigenvalue weighted by molar-refractivity contribution is 6.02. The highest BCUT2D eigenvalue weighted by Crippen LogP contribution is 2.63. The first kappa shape index (κ1) is 20.1. The van der Waals surface area contributed by atoms with E-state index in [4.69, 9.17) is 4.74 Å². The smallest absolute Gasteiger partial charge is 0.270 e. The number of amides is 1. The van der Waals surface area contributed by atoms with Crippen LogP contribution in [-0.2, 0) is 4.74 Å². The second-order valence-corrected chi connectivity index (χ2v) is 10.7. The summed E-state index contributed by atoms with van der Waals surface area (Å²) < 4.78 is 5.55. The molecule has 5 rings (SSSR count). The number of fused-ring (bicyclic) bond motifs is 2. The molecule has 1 N–H and O–H groups in total. The number of hydrogen-bond donors (Lipinski definition) is 1. The van der Waals surface area contributed by atoms with Crippen molar-refractivity contribution >= 4 is 16.8 Å². The molecule has 0 bridgehead atoms. The van der Waals surface area contributed by atoms with Crippen LogP contribution in [-0.4, -0.2) is 66.6 Å². The van der Waals surface area contributed by atoms with Crippen LogP contribution in [0.3, 0.4) is 0 Å². The van der Waals surface area contributed by atoms with E-state index in [0.717, 1.165) is 62.7 Å². The van der Waals surface area contributed by atoms with E-state index in [9.17, 15) is 4.79 Å². The van der Waals surface area contributed by atoms with Crippen LogP contribution in [0.1, 0.15) is 47.4 Å². The fraction of sp³-hybridized carbons (Fsp3) is 0.640. The summed E-state index contributed by atoms with van der Waals surface area (Å²) in [7, 11) is 0. The van der Waals surface area contributed by atoms with Crippen molar-refractivity contribution in [2.75, 3.05) is 45.9 Å². The zero-order valence-electron chi connectivity index (χ0n) is 19.1. The van der Waals surface area contributed by atoms with E-state index in [1.165, 1.54) is 22.9 Å². The molecular weight excluding hydrogens is 374 g/mol. The molecule has 2 aliphatic heterocycles. The van der Waals surface area contributed by atoms with Crippen molar-refractivity contribution in [2.24, 2.45) is 16.7 Å². The van der Waals surface area contributed by atoms with Crippen LogP contribution in [0, 0.1) is 37.5 Å². The lowest BCUT2D eigenvalue weighted by molar-refractivity contribution is -0.0966. The quantitative estimate of drug-likeness (QED) is 0.836. The number of hydrogen-bond acceptors (Lipinski definition) is 3. The van der Waals surface area contributed by atoms with E-state index in [-0.39, 0.29) is 11.3 Å². The fourth-order valence-electron chi connectivity index (χ4n) is 6.87. The van der Waals surface area contributed by atoms with Gasteiger partial charge in [-0.1, -0.05) is 26.0 Å². The third kappa shape index (κ3) is 2.93. The lowest BCUT2D eigenvalue weighted by Crippen LogP contribution is -2.59. The van der Waals surface area contributed by atoms with Gasteiger partial charge in [0.25, 0.3) is 5.91 Å². The normalized spacial score (nSPS) is 28.6. The third-order valence-electron chi connectivity index (χ3n) is 8.16. The first-order chi connectivity index (χ1) is 14.2. The molecule has 30 heavy (non-hydrogen) atoms. The Kier molecular flexibility index (Phi) is 4.57. The molecule has 5 nitrogen and oxygen atoms in total. The predicted molar refractivity (Wildman–Crippen MR) is 120 cm³/mol. The molecule has 1 aliphatic carbocycles. The molecule has 3 aliphatic rings. The summed E-state index contributed by atoms with van der Waals surface area (Å²) in [4.78, 5) is 21.9. The first-order valence-corrected chi connectivity index (χ1v) is 11.4. The molecule has 1 amide bonds. The van der Waals surface area contributed by atoms with E-state index in [0.29, 0.717) is 11.3 Å². The molecule has 1 aromatic carbocycles. The summed E-state index contributed by atoms with van der Waals surface area (Å²) in [5, 5.41) is 1.21. The predicted octanol–water partition coefficient (Wildman–Crippen LogP) is 3.91. The molecule has 1 aromatic heterocycles. The summed E-state index contributed by atoms with van der Waals surface area (Å²) in [5.74, 6) is 0.749. The molecule has 0 spiro atoms. The fourth-order valence-corrected chi connectivity index (χ4v) is 6.87. The average molecular weight is 410 g/mol. The number of aromatic nitrogens is 1. The molecule has 5 heteroatoms. The number of rotatable bonds is 3. The maximum Gasteiger partial charge on any atom is 0.270 e. The van der Waals surface area contributed by atoms with E-state index in [2.05, 4.69) is 61.5 Å². The molecular formula is C25H35N3O2. The van der Waals surface area contributed by atoms with Gasteiger partial charge in [0.15, 0.2) is 0 Å². The number of aromatic amines is 1. The van der Waals surface area contributed by atoms with Gasteiger partial charge in [-0.2, -0.15) is 0 Å². The zero-order valence-corrected chi connectivity index (χ0v) is 19.1. The van der Waals surface area contributed by atoms with Gasteiger partial charge in [-0.25, -0.2) is 0 Å². The second kappa shape index (κ2) is 6.83. The Morgan fingerprint density at radius 3 is 2.53 bits per heavy atom. The van der Waals surface area contributed by atoms with E-state index >= 15 is 0 Å². The molecule has 0 unspecified atom stereocenters. The first-order valence-electron chi connectivity index (χ1n) is 11.4. The number of nitrogens with zero attached hydrogens (tertiary/aromatic N) is 2. The summed E-state index contributed by atoms with van der Waals surface area (Å²) in [6.45, 7) is 17.6. The van der Waals surface area contributed by atoms with Gasteiger partial charge >= 0.3 is 0 Å². The zero-order chi connectivity index (χ0) is 21.3.